The Bertz CT molecular complexity index is 429. The van der Waals surface area contributed by atoms with E-state index in [4.69, 9.17) is 0 Å². The number of likely N-dealkylation sites (tertiary alicyclic amines) is 1. The highest BCUT2D eigenvalue weighted by atomic mass is 16.2. The summed E-state index contributed by atoms with van der Waals surface area (Å²) in [5.41, 5.74) is 1.30. The van der Waals surface area contributed by atoms with E-state index in [1.54, 1.807) is 0 Å². The molecule has 0 aromatic carbocycles. The van der Waals surface area contributed by atoms with Crippen molar-refractivity contribution < 1.29 is 4.79 Å². The Hall–Kier alpha value is -1.29. The van der Waals surface area contributed by atoms with Crippen LogP contribution in [0.4, 0.5) is 0 Å². The minimum atomic E-state index is 0.257. The van der Waals surface area contributed by atoms with Crippen LogP contribution in [0.1, 0.15) is 57.6 Å². The number of rotatable bonds is 7. The summed E-state index contributed by atoms with van der Waals surface area (Å²) >= 11 is 0. The molecule has 0 spiro atoms. The molecule has 0 radical (unpaired) electrons. The van der Waals surface area contributed by atoms with Crippen molar-refractivity contribution in [3.8, 4) is 0 Å². The number of carbonyl (C=O) groups is 1. The standard InChI is InChI=1S/C17H29N3O/c1-3-8-16(18-4-2)15-9-12-19(13-15)14-17(21)20-10-6-5-7-11-20/h9,12-13,16,18H,3-8,10-11,14H2,1-2H3. The SMILES string of the molecule is CCCC(NCC)c1ccn(CC(=O)N2CCCCC2)c1. The van der Waals surface area contributed by atoms with Crippen LogP contribution in [0.25, 0.3) is 0 Å². The number of piperidine rings is 1. The van der Waals surface area contributed by atoms with Crippen LogP contribution < -0.4 is 5.32 Å². The van der Waals surface area contributed by atoms with E-state index < -0.39 is 0 Å². The third-order valence-corrected chi connectivity index (χ3v) is 4.23. The first-order chi connectivity index (χ1) is 10.2. The highest BCUT2D eigenvalue weighted by Gasteiger charge is 2.17. The average molecular weight is 291 g/mol. The maximum Gasteiger partial charge on any atom is 0.242 e. The van der Waals surface area contributed by atoms with Crippen molar-refractivity contribution in [1.82, 2.24) is 14.8 Å². The second kappa shape index (κ2) is 8.23. The Morgan fingerprint density at radius 2 is 2.05 bits per heavy atom. The van der Waals surface area contributed by atoms with Gasteiger partial charge in [0.05, 0.1) is 0 Å². The first-order valence-corrected chi connectivity index (χ1v) is 8.41. The molecule has 1 unspecified atom stereocenters. The van der Waals surface area contributed by atoms with Gasteiger partial charge in [-0.05, 0) is 43.9 Å². The normalized spacial score (nSPS) is 17.0. The highest BCUT2D eigenvalue weighted by molar-refractivity contribution is 5.76. The molecule has 0 bridgehead atoms. The molecular formula is C17H29N3O. The molecule has 1 aliphatic heterocycles. The van der Waals surface area contributed by atoms with Crippen molar-refractivity contribution >= 4 is 5.91 Å². The second-order valence-electron chi connectivity index (χ2n) is 5.96. The lowest BCUT2D eigenvalue weighted by Crippen LogP contribution is -2.37. The summed E-state index contributed by atoms with van der Waals surface area (Å²) < 4.78 is 2.03. The number of amides is 1. The quantitative estimate of drug-likeness (QED) is 0.838. The molecule has 1 aromatic heterocycles. The molecule has 21 heavy (non-hydrogen) atoms. The molecular weight excluding hydrogens is 262 g/mol. The Morgan fingerprint density at radius 3 is 2.71 bits per heavy atom. The maximum atomic E-state index is 12.3. The van der Waals surface area contributed by atoms with E-state index in [0.29, 0.717) is 12.6 Å². The molecule has 4 heteroatoms. The molecule has 118 valence electrons. The van der Waals surface area contributed by atoms with Crippen molar-refractivity contribution in [1.29, 1.82) is 0 Å². The Kier molecular flexibility index (Phi) is 6.30. The predicted molar refractivity (Wildman–Crippen MR) is 86.2 cm³/mol. The van der Waals surface area contributed by atoms with Gasteiger partial charge in [0, 0.05) is 31.5 Å². The van der Waals surface area contributed by atoms with Gasteiger partial charge >= 0.3 is 0 Å². The summed E-state index contributed by atoms with van der Waals surface area (Å²) in [6.07, 6.45) is 10.0. The first kappa shape index (κ1) is 16.1. The van der Waals surface area contributed by atoms with Crippen molar-refractivity contribution in [3.63, 3.8) is 0 Å². The molecule has 0 saturated carbocycles. The van der Waals surface area contributed by atoms with Crippen molar-refractivity contribution in [3.05, 3.63) is 24.0 Å². The number of nitrogens with one attached hydrogen (secondary N) is 1. The lowest BCUT2D eigenvalue weighted by Gasteiger charge is -2.26. The van der Waals surface area contributed by atoms with Gasteiger partial charge in [-0.3, -0.25) is 4.79 Å². The van der Waals surface area contributed by atoms with Gasteiger partial charge in [0.25, 0.3) is 0 Å². The fourth-order valence-corrected chi connectivity index (χ4v) is 3.08. The van der Waals surface area contributed by atoms with Gasteiger partial charge in [0.1, 0.15) is 6.54 Å². The maximum absolute atomic E-state index is 12.3. The second-order valence-corrected chi connectivity index (χ2v) is 5.96. The van der Waals surface area contributed by atoms with Crippen LogP contribution in [0, 0.1) is 0 Å². The number of carbonyl (C=O) groups excluding carboxylic acids is 1. The fourth-order valence-electron chi connectivity index (χ4n) is 3.08. The first-order valence-electron chi connectivity index (χ1n) is 8.41. The van der Waals surface area contributed by atoms with Gasteiger partial charge in [-0.25, -0.2) is 0 Å². The number of aromatic nitrogens is 1. The third-order valence-electron chi connectivity index (χ3n) is 4.23. The molecule has 1 aliphatic rings. The van der Waals surface area contributed by atoms with Crippen LogP contribution in [0.5, 0.6) is 0 Å². The molecule has 1 fully saturated rings. The largest absolute Gasteiger partial charge is 0.345 e. The summed E-state index contributed by atoms with van der Waals surface area (Å²) in [6, 6.07) is 2.55. The van der Waals surface area contributed by atoms with E-state index in [9.17, 15) is 4.79 Å². The fraction of sp³-hybridized carbons (Fsp3) is 0.706. The zero-order valence-electron chi connectivity index (χ0n) is 13.5. The molecule has 1 amide bonds. The number of nitrogens with zero attached hydrogens (tertiary/aromatic N) is 2. The van der Waals surface area contributed by atoms with E-state index in [1.165, 1.54) is 12.0 Å². The molecule has 2 rings (SSSR count). The van der Waals surface area contributed by atoms with E-state index in [1.807, 2.05) is 15.7 Å². The van der Waals surface area contributed by atoms with Crippen LogP contribution in [0.3, 0.4) is 0 Å². The lowest BCUT2D eigenvalue weighted by molar-refractivity contribution is -0.132. The molecule has 1 aromatic rings. The van der Waals surface area contributed by atoms with Gasteiger partial charge in [0.2, 0.25) is 5.91 Å². The van der Waals surface area contributed by atoms with E-state index >= 15 is 0 Å². The van der Waals surface area contributed by atoms with Crippen LogP contribution in [-0.2, 0) is 11.3 Å². The van der Waals surface area contributed by atoms with Gasteiger partial charge in [0.15, 0.2) is 0 Å². The summed E-state index contributed by atoms with van der Waals surface area (Å²) in [5, 5.41) is 3.52. The molecule has 1 saturated heterocycles. The Morgan fingerprint density at radius 1 is 1.29 bits per heavy atom. The van der Waals surface area contributed by atoms with Crippen LogP contribution in [0.15, 0.2) is 18.5 Å². The topological polar surface area (TPSA) is 37.3 Å². The van der Waals surface area contributed by atoms with Crippen molar-refractivity contribution in [2.75, 3.05) is 19.6 Å². The van der Waals surface area contributed by atoms with E-state index in [2.05, 4.69) is 31.4 Å². The minimum absolute atomic E-state index is 0.257. The molecule has 0 aliphatic carbocycles. The average Bonchev–Trinajstić information content (AvgIpc) is 2.96. The summed E-state index contributed by atoms with van der Waals surface area (Å²) in [6.45, 7) is 7.67. The monoisotopic (exact) mass is 291 g/mol. The van der Waals surface area contributed by atoms with Gasteiger partial charge in [-0.2, -0.15) is 0 Å². The van der Waals surface area contributed by atoms with Crippen molar-refractivity contribution in [2.45, 2.75) is 58.5 Å². The molecule has 1 N–H and O–H groups in total. The third kappa shape index (κ3) is 4.60. The zero-order valence-corrected chi connectivity index (χ0v) is 13.5. The van der Waals surface area contributed by atoms with Gasteiger partial charge < -0.3 is 14.8 Å². The van der Waals surface area contributed by atoms with Gasteiger partial charge in [-0.15, -0.1) is 0 Å². The molecule has 1 atom stereocenters. The van der Waals surface area contributed by atoms with Crippen LogP contribution in [-0.4, -0.2) is 35.0 Å². The van der Waals surface area contributed by atoms with Crippen molar-refractivity contribution in [2.24, 2.45) is 0 Å². The smallest absolute Gasteiger partial charge is 0.242 e. The predicted octanol–water partition coefficient (Wildman–Crippen LogP) is 2.95. The van der Waals surface area contributed by atoms with Crippen LogP contribution in [0.2, 0.25) is 0 Å². The highest BCUT2D eigenvalue weighted by Crippen LogP contribution is 2.19. The summed E-state index contributed by atoms with van der Waals surface area (Å²) in [7, 11) is 0. The summed E-state index contributed by atoms with van der Waals surface area (Å²) in [4.78, 5) is 14.3. The summed E-state index contributed by atoms with van der Waals surface area (Å²) in [5.74, 6) is 0.257. The lowest BCUT2D eigenvalue weighted by atomic mass is 10.1. The molecule has 2 heterocycles. The minimum Gasteiger partial charge on any atom is -0.345 e. The Labute approximate surface area is 128 Å². The van der Waals surface area contributed by atoms with E-state index in [0.717, 1.165) is 45.3 Å². The zero-order chi connectivity index (χ0) is 15.1. The van der Waals surface area contributed by atoms with Gasteiger partial charge in [-0.1, -0.05) is 20.3 Å². The number of hydrogen-bond acceptors (Lipinski definition) is 2. The number of hydrogen-bond donors (Lipinski definition) is 1. The molecule has 4 nitrogen and oxygen atoms in total. The van der Waals surface area contributed by atoms with Crippen LogP contribution >= 0.6 is 0 Å². The Balaban J connectivity index is 1.93. The van der Waals surface area contributed by atoms with E-state index in [-0.39, 0.29) is 5.91 Å².